The van der Waals surface area contributed by atoms with Gasteiger partial charge in [-0.3, -0.25) is 5.43 Å². The van der Waals surface area contributed by atoms with Gasteiger partial charge >= 0.3 is 6.03 Å². The number of nitrogens with zero attached hydrogens (tertiary/aromatic N) is 2. The summed E-state index contributed by atoms with van der Waals surface area (Å²) in [5.41, 5.74) is 2.56. The number of urea groups is 1. The van der Waals surface area contributed by atoms with E-state index < -0.39 is 0 Å². The zero-order valence-electron chi connectivity index (χ0n) is 6.30. The predicted octanol–water partition coefficient (Wildman–Crippen LogP) is -0.266. The standard InChI is InChI=1S/C5H13N3O/c1-7(2)5(9)6-8(3)4/h1-4H3,(H,6,9). The molecule has 0 aliphatic heterocycles. The lowest BCUT2D eigenvalue weighted by molar-refractivity contribution is 0.188. The van der Waals surface area contributed by atoms with E-state index in [0.29, 0.717) is 0 Å². The van der Waals surface area contributed by atoms with Crippen molar-refractivity contribution in [2.24, 2.45) is 0 Å². The molecule has 1 N–H and O–H groups in total. The zero-order chi connectivity index (χ0) is 7.44. The molecule has 0 rings (SSSR count). The Balaban J connectivity index is 3.51. The monoisotopic (exact) mass is 131 g/mol. The highest BCUT2D eigenvalue weighted by molar-refractivity contribution is 5.72. The summed E-state index contributed by atoms with van der Waals surface area (Å²) in [6.45, 7) is 0. The highest BCUT2D eigenvalue weighted by atomic mass is 16.2. The minimum Gasteiger partial charge on any atom is -0.330 e. The molecule has 0 aliphatic carbocycles. The van der Waals surface area contributed by atoms with E-state index in [1.807, 2.05) is 0 Å². The Hall–Kier alpha value is -0.770. The number of nitrogens with one attached hydrogen (secondary N) is 1. The Morgan fingerprint density at radius 1 is 1.22 bits per heavy atom. The molecule has 0 unspecified atom stereocenters. The molecule has 2 amide bonds. The summed E-state index contributed by atoms with van der Waals surface area (Å²) in [7, 11) is 6.92. The number of hydrogen-bond donors (Lipinski definition) is 1. The third-order valence-corrected chi connectivity index (χ3v) is 0.725. The van der Waals surface area contributed by atoms with E-state index in [1.54, 1.807) is 33.2 Å². The van der Waals surface area contributed by atoms with Crippen LogP contribution in [0.1, 0.15) is 0 Å². The molecule has 0 fully saturated rings. The topological polar surface area (TPSA) is 35.6 Å². The summed E-state index contributed by atoms with van der Waals surface area (Å²) in [6.07, 6.45) is 0. The molecule has 0 radical (unpaired) electrons. The molecule has 0 aromatic carbocycles. The molecule has 0 aliphatic rings. The Morgan fingerprint density at radius 3 is 1.78 bits per heavy atom. The minimum absolute atomic E-state index is 0.111. The van der Waals surface area contributed by atoms with Gasteiger partial charge in [-0.15, -0.1) is 0 Å². The van der Waals surface area contributed by atoms with Crippen molar-refractivity contribution in [1.29, 1.82) is 0 Å². The van der Waals surface area contributed by atoms with Crippen molar-refractivity contribution in [3.8, 4) is 0 Å². The zero-order valence-corrected chi connectivity index (χ0v) is 6.30. The van der Waals surface area contributed by atoms with Crippen LogP contribution in [-0.4, -0.2) is 44.1 Å². The van der Waals surface area contributed by atoms with Gasteiger partial charge in [0.25, 0.3) is 0 Å². The predicted molar refractivity (Wildman–Crippen MR) is 35.9 cm³/mol. The molecule has 4 nitrogen and oxygen atoms in total. The number of rotatable bonds is 1. The summed E-state index contributed by atoms with van der Waals surface area (Å²) >= 11 is 0. The first-order valence-corrected chi connectivity index (χ1v) is 2.69. The van der Waals surface area contributed by atoms with Crippen LogP contribution < -0.4 is 5.43 Å². The van der Waals surface area contributed by atoms with E-state index in [4.69, 9.17) is 0 Å². The smallest absolute Gasteiger partial charge is 0.330 e. The van der Waals surface area contributed by atoms with Crippen molar-refractivity contribution in [3.63, 3.8) is 0 Å². The lowest BCUT2D eigenvalue weighted by Crippen LogP contribution is -2.42. The lowest BCUT2D eigenvalue weighted by Gasteiger charge is -2.16. The number of hydrogen-bond acceptors (Lipinski definition) is 2. The first kappa shape index (κ1) is 8.23. The summed E-state index contributed by atoms with van der Waals surface area (Å²) in [6, 6.07) is -0.111. The maximum Gasteiger partial charge on any atom is 0.331 e. The van der Waals surface area contributed by atoms with E-state index in [1.165, 1.54) is 4.90 Å². The van der Waals surface area contributed by atoms with Crippen LogP contribution in [0.15, 0.2) is 0 Å². The Labute approximate surface area is 55.4 Å². The van der Waals surface area contributed by atoms with Crippen LogP contribution in [0.4, 0.5) is 4.79 Å². The first-order valence-electron chi connectivity index (χ1n) is 2.69. The normalized spacial score (nSPS) is 9.44. The van der Waals surface area contributed by atoms with Crippen LogP contribution in [0, 0.1) is 0 Å². The van der Waals surface area contributed by atoms with Crippen molar-refractivity contribution in [3.05, 3.63) is 0 Å². The molecule has 0 heterocycles. The number of hydrazine groups is 1. The summed E-state index contributed by atoms with van der Waals surface area (Å²) in [4.78, 5) is 12.2. The summed E-state index contributed by atoms with van der Waals surface area (Å²) < 4.78 is 0. The van der Waals surface area contributed by atoms with E-state index >= 15 is 0 Å². The Morgan fingerprint density at radius 2 is 1.67 bits per heavy atom. The van der Waals surface area contributed by atoms with Gasteiger partial charge in [-0.25, -0.2) is 9.80 Å². The van der Waals surface area contributed by atoms with Gasteiger partial charge in [-0.05, 0) is 0 Å². The largest absolute Gasteiger partial charge is 0.331 e. The van der Waals surface area contributed by atoms with Crippen molar-refractivity contribution in [1.82, 2.24) is 15.3 Å². The molecule has 0 bridgehead atoms. The van der Waals surface area contributed by atoms with Gasteiger partial charge in [0.05, 0.1) is 0 Å². The molecule has 0 spiro atoms. The van der Waals surface area contributed by atoms with E-state index in [2.05, 4.69) is 5.43 Å². The molecule has 0 aromatic heterocycles. The average molecular weight is 131 g/mol. The number of carbonyl (C=O) groups excluding carboxylic acids is 1. The van der Waals surface area contributed by atoms with Crippen molar-refractivity contribution < 1.29 is 4.79 Å². The molecule has 4 heteroatoms. The SMILES string of the molecule is CN(C)NC(=O)N(C)C. The van der Waals surface area contributed by atoms with Crippen molar-refractivity contribution >= 4 is 6.03 Å². The highest BCUT2D eigenvalue weighted by Crippen LogP contribution is 1.75. The fraction of sp³-hybridized carbons (Fsp3) is 0.800. The quantitative estimate of drug-likeness (QED) is 0.497. The van der Waals surface area contributed by atoms with Gasteiger partial charge in [0.2, 0.25) is 0 Å². The second-order valence-corrected chi connectivity index (χ2v) is 2.21. The fourth-order valence-electron chi connectivity index (χ4n) is 0.291. The maximum atomic E-state index is 10.7. The summed E-state index contributed by atoms with van der Waals surface area (Å²) in [5.74, 6) is 0. The van der Waals surface area contributed by atoms with Crippen molar-refractivity contribution in [2.45, 2.75) is 0 Å². The molecule has 9 heavy (non-hydrogen) atoms. The third-order valence-electron chi connectivity index (χ3n) is 0.725. The molecule has 0 aromatic rings. The Kier molecular flexibility index (Phi) is 3.01. The van der Waals surface area contributed by atoms with Crippen LogP contribution in [0.5, 0.6) is 0 Å². The Bertz CT molecular complexity index is 100. The van der Waals surface area contributed by atoms with E-state index in [-0.39, 0.29) is 6.03 Å². The molecular weight excluding hydrogens is 118 g/mol. The van der Waals surface area contributed by atoms with E-state index in [0.717, 1.165) is 0 Å². The van der Waals surface area contributed by atoms with Gasteiger partial charge < -0.3 is 4.90 Å². The molecule has 0 saturated heterocycles. The van der Waals surface area contributed by atoms with Crippen LogP contribution in [0.3, 0.4) is 0 Å². The van der Waals surface area contributed by atoms with Crippen LogP contribution in [0.2, 0.25) is 0 Å². The van der Waals surface area contributed by atoms with E-state index in [9.17, 15) is 4.79 Å². The number of amides is 2. The maximum absolute atomic E-state index is 10.7. The van der Waals surface area contributed by atoms with Crippen LogP contribution >= 0.6 is 0 Å². The van der Waals surface area contributed by atoms with Crippen molar-refractivity contribution in [2.75, 3.05) is 28.2 Å². The third kappa shape index (κ3) is 3.78. The minimum atomic E-state index is -0.111. The lowest BCUT2D eigenvalue weighted by atomic mass is 10.8. The number of carbonyl (C=O) groups is 1. The van der Waals surface area contributed by atoms with Gasteiger partial charge in [0.15, 0.2) is 0 Å². The van der Waals surface area contributed by atoms with Gasteiger partial charge in [-0.2, -0.15) is 0 Å². The van der Waals surface area contributed by atoms with Gasteiger partial charge in [0, 0.05) is 28.2 Å². The molecule has 0 saturated carbocycles. The molecule has 0 atom stereocenters. The second kappa shape index (κ2) is 3.29. The highest BCUT2D eigenvalue weighted by Gasteiger charge is 2.00. The fourth-order valence-corrected chi connectivity index (χ4v) is 0.291. The molecule has 54 valence electrons. The first-order chi connectivity index (χ1) is 4.04. The van der Waals surface area contributed by atoms with Crippen LogP contribution in [0.25, 0.3) is 0 Å². The summed E-state index contributed by atoms with van der Waals surface area (Å²) in [5, 5.41) is 1.60. The van der Waals surface area contributed by atoms with Gasteiger partial charge in [-0.1, -0.05) is 0 Å². The molecular formula is C5H13N3O. The second-order valence-electron chi connectivity index (χ2n) is 2.21. The average Bonchev–Trinajstić information content (AvgIpc) is 1.63. The van der Waals surface area contributed by atoms with Crippen LogP contribution in [-0.2, 0) is 0 Å². The van der Waals surface area contributed by atoms with Gasteiger partial charge in [0.1, 0.15) is 0 Å².